The minimum atomic E-state index is -4.39. The number of nitrogens with one attached hydrogen (secondary N) is 1. The van der Waals surface area contributed by atoms with Crippen molar-refractivity contribution in [2.75, 3.05) is 23.9 Å². The van der Waals surface area contributed by atoms with Gasteiger partial charge in [-0.1, -0.05) is 6.92 Å². The quantitative estimate of drug-likeness (QED) is 0.818. The molecule has 0 aliphatic rings. The third kappa shape index (κ3) is 4.03. The van der Waals surface area contributed by atoms with Crippen molar-refractivity contribution in [2.45, 2.75) is 18.3 Å². The largest absolute Gasteiger partial charge is 0.418 e. The first-order valence-electron chi connectivity index (χ1n) is 5.08. The molecule has 96 valence electrons. The van der Waals surface area contributed by atoms with Gasteiger partial charge in [-0.2, -0.15) is 24.9 Å². The van der Waals surface area contributed by atoms with Gasteiger partial charge in [-0.25, -0.2) is 0 Å². The van der Waals surface area contributed by atoms with Gasteiger partial charge in [0.2, 0.25) is 0 Å². The Morgan fingerprint density at radius 3 is 2.59 bits per heavy atom. The van der Waals surface area contributed by atoms with Crippen LogP contribution in [0.15, 0.2) is 18.2 Å². The molecule has 6 heteroatoms. The van der Waals surface area contributed by atoms with E-state index in [0.29, 0.717) is 6.54 Å². The van der Waals surface area contributed by atoms with Crippen LogP contribution in [0, 0.1) is 0 Å². The number of nitrogen functional groups attached to an aromatic ring is 1. The van der Waals surface area contributed by atoms with Crippen LogP contribution in [-0.4, -0.2) is 18.1 Å². The van der Waals surface area contributed by atoms with Gasteiger partial charge in [0.1, 0.15) is 0 Å². The molecule has 1 aromatic rings. The maximum absolute atomic E-state index is 12.7. The Bertz CT molecular complexity index is 379. The van der Waals surface area contributed by atoms with E-state index in [0.717, 1.165) is 6.07 Å². The summed E-state index contributed by atoms with van der Waals surface area (Å²) >= 11 is 1.59. The highest BCUT2D eigenvalue weighted by Gasteiger charge is 2.33. The molecule has 0 aromatic heterocycles. The number of hydrogen-bond donors (Lipinski definition) is 2. The molecule has 0 aliphatic heterocycles. The molecule has 0 saturated heterocycles. The maximum Gasteiger partial charge on any atom is 0.418 e. The highest BCUT2D eigenvalue weighted by Crippen LogP contribution is 2.36. The van der Waals surface area contributed by atoms with Gasteiger partial charge in [-0.3, -0.25) is 0 Å². The summed E-state index contributed by atoms with van der Waals surface area (Å²) in [6.07, 6.45) is -2.47. The van der Waals surface area contributed by atoms with E-state index in [9.17, 15) is 13.2 Å². The number of thioether (sulfide) groups is 1. The van der Waals surface area contributed by atoms with Crippen molar-refractivity contribution in [3.05, 3.63) is 23.8 Å². The Kier molecular flexibility index (Phi) is 4.56. The number of benzene rings is 1. The number of anilines is 2. The van der Waals surface area contributed by atoms with Gasteiger partial charge in [0.05, 0.1) is 5.56 Å². The summed E-state index contributed by atoms with van der Waals surface area (Å²) in [4.78, 5) is 0. The van der Waals surface area contributed by atoms with Gasteiger partial charge >= 0.3 is 6.18 Å². The Morgan fingerprint density at radius 1 is 1.41 bits per heavy atom. The second kappa shape index (κ2) is 5.53. The molecule has 3 N–H and O–H groups in total. The predicted octanol–water partition coefficient (Wildman–Crippen LogP) is 3.45. The van der Waals surface area contributed by atoms with Crippen molar-refractivity contribution in [3.63, 3.8) is 0 Å². The number of alkyl halides is 3. The molecule has 0 heterocycles. The molecule has 1 rings (SSSR count). The van der Waals surface area contributed by atoms with Gasteiger partial charge in [0, 0.05) is 23.2 Å². The summed E-state index contributed by atoms with van der Waals surface area (Å²) in [5.74, 6) is 0. The zero-order valence-corrected chi connectivity index (χ0v) is 10.5. The van der Waals surface area contributed by atoms with E-state index < -0.39 is 11.7 Å². The van der Waals surface area contributed by atoms with Gasteiger partial charge in [0.15, 0.2) is 0 Å². The van der Waals surface area contributed by atoms with Crippen LogP contribution in [-0.2, 0) is 6.18 Å². The molecule has 2 nitrogen and oxygen atoms in total. The first kappa shape index (κ1) is 14.0. The van der Waals surface area contributed by atoms with Crippen LogP contribution < -0.4 is 11.1 Å². The fourth-order valence-electron chi connectivity index (χ4n) is 1.29. The lowest BCUT2D eigenvalue weighted by Crippen LogP contribution is -2.16. The Balaban J connectivity index is 2.91. The van der Waals surface area contributed by atoms with Crippen molar-refractivity contribution in [3.8, 4) is 0 Å². The number of hydrogen-bond acceptors (Lipinski definition) is 3. The smallest absolute Gasteiger partial charge is 0.399 e. The van der Waals surface area contributed by atoms with Crippen molar-refractivity contribution < 1.29 is 13.2 Å². The molecule has 0 bridgehead atoms. The molecule has 0 aliphatic carbocycles. The molecule has 1 unspecified atom stereocenters. The van der Waals surface area contributed by atoms with Gasteiger partial charge in [-0.15, -0.1) is 0 Å². The summed E-state index contributed by atoms with van der Waals surface area (Å²) < 4.78 is 38.2. The van der Waals surface area contributed by atoms with Crippen molar-refractivity contribution >= 4 is 23.1 Å². The lowest BCUT2D eigenvalue weighted by atomic mass is 10.1. The fraction of sp³-hybridized carbons (Fsp3) is 0.455. The Morgan fingerprint density at radius 2 is 2.06 bits per heavy atom. The zero-order chi connectivity index (χ0) is 13.1. The number of halogens is 3. The second-order valence-electron chi connectivity index (χ2n) is 3.73. The third-order valence-electron chi connectivity index (χ3n) is 2.33. The minimum Gasteiger partial charge on any atom is -0.399 e. The van der Waals surface area contributed by atoms with E-state index in [2.05, 4.69) is 5.32 Å². The maximum atomic E-state index is 12.7. The highest BCUT2D eigenvalue weighted by molar-refractivity contribution is 7.99. The fourth-order valence-corrected chi connectivity index (χ4v) is 1.54. The van der Waals surface area contributed by atoms with Crippen LogP contribution in [0.1, 0.15) is 12.5 Å². The third-order valence-corrected chi connectivity index (χ3v) is 3.30. The summed E-state index contributed by atoms with van der Waals surface area (Å²) in [6, 6.07) is 3.78. The summed E-state index contributed by atoms with van der Waals surface area (Å²) in [7, 11) is 0. The lowest BCUT2D eigenvalue weighted by molar-refractivity contribution is -0.136. The van der Waals surface area contributed by atoms with Crippen LogP contribution in [0.25, 0.3) is 0 Å². The predicted molar refractivity (Wildman–Crippen MR) is 67.3 cm³/mol. The lowest BCUT2D eigenvalue weighted by Gasteiger charge is -2.17. The first-order chi connectivity index (χ1) is 7.84. The van der Waals surface area contributed by atoms with Crippen molar-refractivity contribution in [1.29, 1.82) is 0 Å². The molecule has 0 radical (unpaired) electrons. The average Bonchev–Trinajstić information content (AvgIpc) is 2.25. The summed E-state index contributed by atoms with van der Waals surface area (Å²) in [5, 5.41) is 3.05. The molecule has 1 atom stereocenters. The first-order valence-corrected chi connectivity index (χ1v) is 6.36. The summed E-state index contributed by atoms with van der Waals surface area (Å²) in [5.41, 5.74) is 4.85. The van der Waals surface area contributed by atoms with Crippen LogP contribution >= 0.6 is 11.8 Å². The molecule has 1 aromatic carbocycles. The monoisotopic (exact) mass is 264 g/mol. The van der Waals surface area contributed by atoms with E-state index in [1.807, 2.05) is 13.2 Å². The Labute approximate surface area is 103 Å². The van der Waals surface area contributed by atoms with Gasteiger partial charge < -0.3 is 11.1 Å². The zero-order valence-electron chi connectivity index (χ0n) is 9.64. The molecule has 0 spiro atoms. The van der Waals surface area contributed by atoms with Crippen molar-refractivity contribution in [1.82, 2.24) is 0 Å². The molecular weight excluding hydrogens is 249 g/mol. The highest BCUT2D eigenvalue weighted by atomic mass is 32.2. The average molecular weight is 264 g/mol. The van der Waals surface area contributed by atoms with Crippen LogP contribution in [0.5, 0.6) is 0 Å². The van der Waals surface area contributed by atoms with Crippen LogP contribution in [0.3, 0.4) is 0 Å². The van der Waals surface area contributed by atoms with E-state index in [1.165, 1.54) is 12.1 Å². The minimum absolute atomic E-state index is 0.0765. The SMILES string of the molecule is CSC(C)CNc1ccc(N)cc1C(F)(F)F. The molecular formula is C11H15F3N2S. The molecule has 0 saturated carbocycles. The van der Waals surface area contributed by atoms with E-state index >= 15 is 0 Å². The molecule has 17 heavy (non-hydrogen) atoms. The standard InChI is InChI=1S/C11H15F3N2S/c1-7(17-2)6-16-10-4-3-8(15)5-9(10)11(12,13)14/h3-5,7,16H,6,15H2,1-2H3. The molecule has 0 fully saturated rings. The van der Waals surface area contributed by atoms with Crippen LogP contribution in [0.4, 0.5) is 24.5 Å². The van der Waals surface area contributed by atoms with E-state index in [1.54, 1.807) is 11.8 Å². The van der Waals surface area contributed by atoms with E-state index in [4.69, 9.17) is 5.73 Å². The van der Waals surface area contributed by atoms with E-state index in [-0.39, 0.29) is 16.6 Å². The van der Waals surface area contributed by atoms with Gasteiger partial charge in [0.25, 0.3) is 0 Å². The number of nitrogens with two attached hydrogens (primary N) is 1. The Hall–Kier alpha value is -1.04. The van der Waals surface area contributed by atoms with Crippen molar-refractivity contribution in [2.24, 2.45) is 0 Å². The molecule has 0 amide bonds. The topological polar surface area (TPSA) is 38.0 Å². The normalized spacial score (nSPS) is 13.5. The number of rotatable bonds is 4. The second-order valence-corrected chi connectivity index (χ2v) is 5.01. The summed E-state index contributed by atoms with van der Waals surface area (Å²) in [6.45, 7) is 2.43. The van der Waals surface area contributed by atoms with Gasteiger partial charge in [-0.05, 0) is 24.5 Å². The van der Waals surface area contributed by atoms with Crippen LogP contribution in [0.2, 0.25) is 0 Å².